The third kappa shape index (κ3) is 2.10. The number of carbonyl (C=O) groups is 1. The van der Waals surface area contributed by atoms with Crippen molar-refractivity contribution >= 4 is 5.97 Å². The van der Waals surface area contributed by atoms with Crippen molar-refractivity contribution in [2.75, 3.05) is 14.2 Å². The minimum absolute atomic E-state index is 0.129. The van der Waals surface area contributed by atoms with Gasteiger partial charge < -0.3 is 14.6 Å². The third-order valence-corrected chi connectivity index (χ3v) is 2.39. The van der Waals surface area contributed by atoms with Crippen molar-refractivity contribution in [3.8, 4) is 11.5 Å². The van der Waals surface area contributed by atoms with Crippen molar-refractivity contribution in [2.45, 2.75) is 19.8 Å². The maximum absolute atomic E-state index is 11.0. The van der Waals surface area contributed by atoms with Crippen LogP contribution in [0.3, 0.4) is 0 Å². The zero-order valence-corrected chi connectivity index (χ0v) is 9.90. The topological polar surface area (TPSA) is 55.8 Å². The normalized spacial score (nSPS) is 10.3. The molecule has 16 heavy (non-hydrogen) atoms. The Morgan fingerprint density at radius 1 is 1.25 bits per heavy atom. The molecule has 88 valence electrons. The van der Waals surface area contributed by atoms with Gasteiger partial charge in [-0.05, 0) is 18.1 Å². The highest BCUT2D eigenvalue weighted by Crippen LogP contribution is 2.37. The van der Waals surface area contributed by atoms with Crippen LogP contribution in [0.1, 0.15) is 35.7 Å². The van der Waals surface area contributed by atoms with Gasteiger partial charge in [0.05, 0.1) is 14.2 Å². The summed E-state index contributed by atoms with van der Waals surface area (Å²) in [4.78, 5) is 11.0. The van der Waals surface area contributed by atoms with E-state index in [2.05, 4.69) is 0 Å². The molecular formula is C12H16O4. The lowest BCUT2D eigenvalue weighted by Gasteiger charge is -2.17. The summed E-state index contributed by atoms with van der Waals surface area (Å²) in [6.07, 6.45) is 0. The molecule has 4 heteroatoms. The van der Waals surface area contributed by atoms with Crippen LogP contribution in [0.4, 0.5) is 0 Å². The van der Waals surface area contributed by atoms with E-state index in [0.29, 0.717) is 11.5 Å². The number of ether oxygens (including phenoxy) is 2. The highest BCUT2D eigenvalue weighted by Gasteiger charge is 2.20. The van der Waals surface area contributed by atoms with Gasteiger partial charge in [-0.25, -0.2) is 4.79 Å². The first-order valence-electron chi connectivity index (χ1n) is 5.01. The Hall–Kier alpha value is -1.71. The number of rotatable bonds is 4. The maximum Gasteiger partial charge on any atom is 0.339 e. The Bertz CT molecular complexity index is 396. The zero-order chi connectivity index (χ0) is 12.3. The van der Waals surface area contributed by atoms with E-state index >= 15 is 0 Å². The molecule has 0 radical (unpaired) electrons. The molecule has 0 heterocycles. The molecule has 0 aliphatic rings. The summed E-state index contributed by atoms with van der Waals surface area (Å²) >= 11 is 0. The lowest BCUT2D eigenvalue weighted by atomic mass is 9.97. The summed E-state index contributed by atoms with van der Waals surface area (Å²) < 4.78 is 10.4. The Kier molecular flexibility index (Phi) is 3.77. The molecule has 0 spiro atoms. The van der Waals surface area contributed by atoms with Gasteiger partial charge in [0.25, 0.3) is 0 Å². The predicted octanol–water partition coefficient (Wildman–Crippen LogP) is 2.53. The number of hydrogen-bond donors (Lipinski definition) is 1. The van der Waals surface area contributed by atoms with Crippen LogP contribution in [0.5, 0.6) is 11.5 Å². The second-order valence-corrected chi connectivity index (χ2v) is 3.72. The van der Waals surface area contributed by atoms with E-state index in [1.807, 2.05) is 13.8 Å². The van der Waals surface area contributed by atoms with Crippen molar-refractivity contribution in [2.24, 2.45) is 0 Å². The second-order valence-electron chi connectivity index (χ2n) is 3.72. The van der Waals surface area contributed by atoms with Crippen LogP contribution in [0, 0.1) is 0 Å². The van der Waals surface area contributed by atoms with Crippen molar-refractivity contribution < 1.29 is 19.4 Å². The maximum atomic E-state index is 11.0. The average Bonchev–Trinajstić information content (AvgIpc) is 2.26. The van der Waals surface area contributed by atoms with Crippen LogP contribution < -0.4 is 9.47 Å². The summed E-state index contributed by atoms with van der Waals surface area (Å²) in [6.45, 7) is 3.93. The molecule has 0 aliphatic carbocycles. The minimum Gasteiger partial charge on any atom is -0.496 e. The van der Waals surface area contributed by atoms with Crippen LogP contribution >= 0.6 is 0 Å². The second kappa shape index (κ2) is 4.88. The smallest absolute Gasteiger partial charge is 0.339 e. The predicted molar refractivity (Wildman–Crippen MR) is 60.6 cm³/mol. The number of carboxylic acids is 1. The molecule has 1 aromatic carbocycles. The van der Waals surface area contributed by atoms with E-state index in [4.69, 9.17) is 14.6 Å². The Labute approximate surface area is 94.8 Å². The first kappa shape index (κ1) is 12.4. The lowest BCUT2D eigenvalue weighted by molar-refractivity contribution is 0.0693. The molecule has 1 rings (SSSR count). The minimum atomic E-state index is -0.999. The average molecular weight is 224 g/mol. The number of benzene rings is 1. The van der Waals surface area contributed by atoms with Gasteiger partial charge in [0.1, 0.15) is 17.1 Å². The molecule has 0 aliphatic heterocycles. The number of hydrogen-bond acceptors (Lipinski definition) is 3. The van der Waals surface area contributed by atoms with E-state index in [1.165, 1.54) is 13.2 Å². The van der Waals surface area contributed by atoms with Crippen molar-refractivity contribution in [3.63, 3.8) is 0 Å². The quantitative estimate of drug-likeness (QED) is 0.853. The molecule has 0 saturated carbocycles. The molecule has 0 atom stereocenters. The number of carboxylic acid groups (broad SMARTS) is 1. The fraction of sp³-hybridized carbons (Fsp3) is 0.417. The molecule has 4 nitrogen and oxygen atoms in total. The van der Waals surface area contributed by atoms with Crippen LogP contribution in [0.15, 0.2) is 12.1 Å². The fourth-order valence-electron chi connectivity index (χ4n) is 1.69. The van der Waals surface area contributed by atoms with Crippen molar-refractivity contribution in [1.82, 2.24) is 0 Å². The Balaban J connectivity index is 3.49. The summed E-state index contributed by atoms with van der Waals surface area (Å²) in [6, 6.07) is 3.15. The summed E-state index contributed by atoms with van der Waals surface area (Å²) in [5.74, 6) is 0.157. The Morgan fingerprint density at radius 3 is 2.25 bits per heavy atom. The van der Waals surface area contributed by atoms with Crippen LogP contribution in [-0.4, -0.2) is 25.3 Å². The highest BCUT2D eigenvalue weighted by atomic mass is 16.5. The molecule has 0 saturated heterocycles. The van der Waals surface area contributed by atoms with Gasteiger partial charge in [0.15, 0.2) is 0 Å². The summed E-state index contributed by atoms with van der Waals surface area (Å²) in [5, 5.41) is 9.05. The van der Waals surface area contributed by atoms with Gasteiger partial charge in [-0.1, -0.05) is 13.8 Å². The lowest BCUT2D eigenvalue weighted by Crippen LogP contribution is -2.06. The van der Waals surface area contributed by atoms with Gasteiger partial charge in [0, 0.05) is 5.56 Å². The first-order chi connectivity index (χ1) is 7.52. The summed E-state index contributed by atoms with van der Waals surface area (Å²) in [7, 11) is 3.02. The van der Waals surface area contributed by atoms with Crippen molar-refractivity contribution in [3.05, 3.63) is 23.3 Å². The van der Waals surface area contributed by atoms with Crippen LogP contribution in [0.25, 0.3) is 0 Å². The van der Waals surface area contributed by atoms with Crippen LogP contribution in [-0.2, 0) is 0 Å². The molecule has 0 bridgehead atoms. The standard InChI is InChI=1S/C12H16O4/c1-7(2)10-9(15-3)6-5-8(12(13)14)11(10)16-4/h5-7H,1-4H3,(H,13,14). The molecule has 0 amide bonds. The largest absolute Gasteiger partial charge is 0.496 e. The highest BCUT2D eigenvalue weighted by molar-refractivity contribution is 5.92. The van der Waals surface area contributed by atoms with Gasteiger partial charge in [0.2, 0.25) is 0 Å². The first-order valence-corrected chi connectivity index (χ1v) is 5.01. The molecule has 0 unspecified atom stereocenters. The fourth-order valence-corrected chi connectivity index (χ4v) is 1.69. The SMILES string of the molecule is COc1ccc(C(=O)O)c(OC)c1C(C)C. The van der Waals surface area contributed by atoms with Gasteiger partial charge >= 0.3 is 5.97 Å². The van der Waals surface area contributed by atoms with Gasteiger partial charge in [-0.3, -0.25) is 0 Å². The van der Waals surface area contributed by atoms with E-state index in [9.17, 15) is 4.79 Å². The van der Waals surface area contributed by atoms with Crippen LogP contribution in [0.2, 0.25) is 0 Å². The zero-order valence-electron chi connectivity index (χ0n) is 9.90. The molecular weight excluding hydrogens is 208 g/mol. The van der Waals surface area contributed by atoms with E-state index in [1.54, 1.807) is 13.2 Å². The Morgan fingerprint density at radius 2 is 1.88 bits per heavy atom. The molecule has 0 fully saturated rings. The third-order valence-electron chi connectivity index (χ3n) is 2.39. The monoisotopic (exact) mass is 224 g/mol. The summed E-state index contributed by atoms with van der Waals surface area (Å²) in [5.41, 5.74) is 0.942. The van der Waals surface area contributed by atoms with Gasteiger partial charge in [-0.2, -0.15) is 0 Å². The van der Waals surface area contributed by atoms with Crippen molar-refractivity contribution in [1.29, 1.82) is 0 Å². The number of methoxy groups -OCH3 is 2. The number of aromatic carboxylic acids is 1. The molecule has 1 N–H and O–H groups in total. The van der Waals surface area contributed by atoms with E-state index in [-0.39, 0.29) is 11.5 Å². The molecule has 0 aromatic heterocycles. The van der Waals surface area contributed by atoms with E-state index in [0.717, 1.165) is 5.56 Å². The molecule has 1 aromatic rings. The van der Waals surface area contributed by atoms with E-state index < -0.39 is 5.97 Å². The van der Waals surface area contributed by atoms with Gasteiger partial charge in [-0.15, -0.1) is 0 Å².